The summed E-state index contributed by atoms with van der Waals surface area (Å²) in [6, 6.07) is 7.83. The topological polar surface area (TPSA) is 615 Å². The molecule has 4 aromatic carbocycles. The lowest BCUT2D eigenvalue weighted by molar-refractivity contribution is -0.517. The van der Waals surface area contributed by atoms with Crippen molar-refractivity contribution in [1.82, 2.24) is 19.6 Å². The molecule has 0 spiro atoms. The molecule has 4 aliphatic heterocycles. The first kappa shape index (κ1) is 60.8. The van der Waals surface area contributed by atoms with Gasteiger partial charge in [-0.1, -0.05) is 0 Å². The summed E-state index contributed by atoms with van der Waals surface area (Å²) in [5, 5.41) is 219. The highest BCUT2D eigenvalue weighted by Gasteiger charge is 2.82. The lowest BCUT2D eigenvalue weighted by atomic mass is 9.85. The number of rotatable bonds is 13. The van der Waals surface area contributed by atoms with Crippen LogP contribution in [0.4, 0.5) is 22.7 Å². The van der Waals surface area contributed by atoms with Crippen molar-refractivity contribution in [2.24, 2.45) is 11.5 Å². The van der Waals surface area contributed by atoms with Gasteiger partial charge in [0.1, 0.15) is 11.4 Å². The number of nitrogens with zero attached hydrogens (tertiary/aromatic N) is 8. The number of methoxy groups -OCH3 is 1. The Morgan fingerprint density at radius 2 is 1.05 bits per heavy atom. The fraction of sp³-hybridized carbons (Fsp3) is 0.280. The zero-order valence-electron chi connectivity index (χ0n) is 44.5. The fourth-order valence-electron chi connectivity index (χ4n) is 10.6. The van der Waals surface area contributed by atoms with Gasteiger partial charge in [0.15, 0.2) is 52.6 Å². The van der Waals surface area contributed by atoms with Crippen LogP contribution in [0.1, 0.15) is 72.3 Å². The van der Waals surface area contributed by atoms with E-state index < -0.39 is 203 Å². The number of aromatic nitrogens is 4. The van der Waals surface area contributed by atoms with Gasteiger partial charge < -0.3 is 133 Å². The van der Waals surface area contributed by atoms with Crippen LogP contribution in [-0.4, -0.2) is 208 Å². The number of phenols is 8. The smallest absolute Gasteiger partial charge is 0.316 e. The minimum atomic E-state index is -5.03. The Bertz CT molecular complexity index is 3950. The summed E-state index contributed by atoms with van der Waals surface area (Å²) in [6.07, 6.45) is 0.430. The Morgan fingerprint density at radius 1 is 0.580 bits per heavy atom. The first-order valence-corrected chi connectivity index (χ1v) is 25.1. The van der Waals surface area contributed by atoms with Crippen LogP contribution in [0.5, 0.6) is 57.5 Å². The summed E-state index contributed by atoms with van der Waals surface area (Å²) in [4.78, 5) is 81.9. The maximum Gasteiger partial charge on any atom is 0.316 e. The van der Waals surface area contributed by atoms with Crippen molar-refractivity contribution < 1.29 is 140 Å². The molecule has 1 unspecified atom stereocenters. The second kappa shape index (κ2) is 20.1. The normalized spacial score (nSPS) is 20.0. The predicted molar refractivity (Wildman–Crippen MR) is 279 cm³/mol. The third kappa shape index (κ3) is 8.50. The highest BCUT2D eigenvalue weighted by molar-refractivity contribution is 6.12. The number of fused-ring (bicyclic) bond motifs is 2. The molecular formula is C50H48N10O28. The number of β-amino-alcohol motifs (C(OH)–C–C–N with tert-alkyl or cyclic N) is 2. The van der Waals surface area contributed by atoms with Gasteiger partial charge in [-0.2, -0.15) is 10.2 Å². The maximum absolute atomic E-state index is 14.4. The number of amides is 6. The number of anilines is 4. The molecule has 2 saturated heterocycles. The molecule has 0 bridgehead atoms. The van der Waals surface area contributed by atoms with Gasteiger partial charge in [0.05, 0.1) is 25.6 Å². The molecule has 1 atom stereocenters. The van der Waals surface area contributed by atoms with Crippen molar-refractivity contribution in [3.63, 3.8) is 0 Å². The number of carbonyl (C=O) groups is 6. The molecule has 466 valence electrons. The van der Waals surface area contributed by atoms with Crippen LogP contribution >= 0.6 is 0 Å². The first-order chi connectivity index (χ1) is 40.9. The molecule has 6 aromatic rings. The number of aromatic hydroxyl groups is 8. The molecule has 6 amide bonds. The van der Waals surface area contributed by atoms with Crippen LogP contribution in [0.2, 0.25) is 0 Å². The number of benzene rings is 4. The Labute approximate surface area is 486 Å². The lowest BCUT2D eigenvalue weighted by Crippen LogP contribution is -2.89. The van der Waals surface area contributed by atoms with Crippen molar-refractivity contribution in [3.05, 3.63) is 82.4 Å². The van der Waals surface area contributed by atoms with Crippen LogP contribution in [0, 0.1) is 0 Å². The van der Waals surface area contributed by atoms with Crippen molar-refractivity contribution >= 4 is 58.2 Å². The maximum atomic E-state index is 14.4. The molecule has 38 nitrogen and oxygen atoms in total. The Morgan fingerprint density at radius 3 is 1.55 bits per heavy atom. The summed E-state index contributed by atoms with van der Waals surface area (Å²) >= 11 is 0. The summed E-state index contributed by atoms with van der Waals surface area (Å²) in [6.45, 7) is -2.68. The number of aliphatic hydroxyl groups is 11. The zero-order chi connectivity index (χ0) is 64.8. The highest BCUT2D eigenvalue weighted by Crippen LogP contribution is 2.56. The number of phenolic OH excluding ortho intramolecular Hbond substituents is 8. The van der Waals surface area contributed by atoms with Gasteiger partial charge in [0.2, 0.25) is 46.2 Å². The van der Waals surface area contributed by atoms with E-state index in [1.165, 1.54) is 29.2 Å². The second-order valence-electron chi connectivity index (χ2n) is 20.2. The van der Waals surface area contributed by atoms with E-state index in [0.717, 1.165) is 12.0 Å². The third-order valence-corrected chi connectivity index (χ3v) is 14.9. The molecule has 2 fully saturated rings. The third-order valence-electron chi connectivity index (χ3n) is 14.9. The second-order valence-corrected chi connectivity index (χ2v) is 20.2. The van der Waals surface area contributed by atoms with Crippen molar-refractivity contribution in [2.45, 2.75) is 60.7 Å². The van der Waals surface area contributed by atoms with E-state index in [1.807, 2.05) is 0 Å². The van der Waals surface area contributed by atoms with Crippen LogP contribution in [-0.2, 0) is 26.5 Å². The summed E-state index contributed by atoms with van der Waals surface area (Å²) < 4.78 is 15.0. The molecule has 4 aliphatic rings. The van der Waals surface area contributed by atoms with Crippen LogP contribution in [0.15, 0.2) is 48.5 Å². The Kier molecular flexibility index (Phi) is 13.9. The van der Waals surface area contributed by atoms with E-state index in [-0.39, 0.29) is 32.3 Å². The molecular weight excluding hydrogens is 1190 g/mol. The van der Waals surface area contributed by atoms with Gasteiger partial charge in [-0.05, 0) is 61.4 Å². The van der Waals surface area contributed by atoms with Gasteiger partial charge >= 0.3 is 17.5 Å². The molecule has 38 heteroatoms. The number of nitrogens with two attached hydrogens (primary N) is 2. The first-order valence-electron chi connectivity index (χ1n) is 25.1. The van der Waals surface area contributed by atoms with Gasteiger partial charge in [0, 0.05) is 41.3 Å². The molecule has 10 rings (SSSR count). The SMILES string of the molecule is COc1c(O)c(O)c(-n2nc(C(N)=O)c3c2C(=O)N(c2ccc(N4C(=O)C(O)(O)C(O)(O)C(O)(OCOc5c(O)c(O)c(-n6nc(C(N)=O)c7c6C(=O)N(c6ccc(N8CCCCC8=O)cc6)CC7(O)O)c(O)c5O)C4(O)O)cc2)C(O)(O)C3)c(O)c1O. The molecule has 0 aliphatic carbocycles. The number of hydrogen-bond donors (Lipinski definition) is 21. The largest absolute Gasteiger partial charge is 0.503 e. The van der Waals surface area contributed by atoms with Crippen molar-refractivity contribution in [3.8, 4) is 68.9 Å². The van der Waals surface area contributed by atoms with E-state index in [9.17, 15) is 126 Å². The van der Waals surface area contributed by atoms with E-state index in [2.05, 4.69) is 10.2 Å². The van der Waals surface area contributed by atoms with Crippen LogP contribution in [0.25, 0.3) is 11.4 Å². The van der Waals surface area contributed by atoms with Crippen molar-refractivity contribution in [2.75, 3.05) is 46.6 Å². The van der Waals surface area contributed by atoms with Crippen LogP contribution in [0.3, 0.4) is 0 Å². The van der Waals surface area contributed by atoms with Crippen LogP contribution < -0.4 is 40.5 Å². The molecule has 0 saturated carbocycles. The number of primary amides is 2. The summed E-state index contributed by atoms with van der Waals surface area (Å²) in [5.41, 5.74) is 1.46. The average Bonchev–Trinajstić information content (AvgIpc) is 0.796. The predicted octanol–water partition coefficient (Wildman–Crippen LogP) is -5.85. The van der Waals surface area contributed by atoms with Gasteiger partial charge in [0.25, 0.3) is 41.2 Å². The van der Waals surface area contributed by atoms with Gasteiger partial charge in [-0.3, -0.25) is 38.6 Å². The zero-order valence-corrected chi connectivity index (χ0v) is 44.5. The minimum absolute atomic E-state index is 0.0622. The molecule has 6 heterocycles. The summed E-state index contributed by atoms with van der Waals surface area (Å²) in [7, 11) is 0.907. The summed E-state index contributed by atoms with van der Waals surface area (Å²) in [5.74, 6) is -49.1. The average molecular weight is 1240 g/mol. The number of hydrogen-bond acceptors (Lipinski definition) is 30. The molecule has 0 radical (unpaired) electrons. The van der Waals surface area contributed by atoms with Crippen molar-refractivity contribution in [1.29, 1.82) is 0 Å². The number of ether oxygens (including phenoxy) is 3. The van der Waals surface area contributed by atoms with E-state index in [4.69, 9.17) is 25.7 Å². The monoisotopic (exact) mass is 1240 g/mol. The standard InChI is InChI=1S/C50H48N10O28/c1-86-38-34(66)30(62)28(31(63)35(38)67)59-26-21(24(53-59)40(51)70)14-46(77,78)57(43(26)73)19-9-11-20(12-10-19)58-44(74)47(79,80)48(81,82)49(83,50(58,84)85)88-16-87-39-36(68)32(64)29(33(65)37(39)69)60-27-23(25(54-60)41(52)71)45(75,76)15-56(42(27)72)18-7-5-17(6-8-18)55-13-3-2-4-22(55)61/h5-12,62-69,75-85H,2-4,13-16H2,1H3,(H2,51,70)(H2,52,71). The Balaban J connectivity index is 0.953. The molecule has 2 aromatic heterocycles. The van der Waals surface area contributed by atoms with E-state index >= 15 is 0 Å². The number of piperidine rings is 2. The Hall–Kier alpha value is -10.4. The minimum Gasteiger partial charge on any atom is -0.503 e. The fourth-order valence-corrected chi connectivity index (χ4v) is 10.6. The lowest BCUT2D eigenvalue weighted by Gasteiger charge is -2.56. The number of carbonyl (C=O) groups excluding carboxylic acids is 6. The van der Waals surface area contributed by atoms with Gasteiger partial charge in [-0.15, -0.1) is 0 Å². The quantitative estimate of drug-likeness (QED) is 0.0291. The highest BCUT2D eigenvalue weighted by atomic mass is 16.8. The molecule has 88 heavy (non-hydrogen) atoms. The molecule has 23 N–H and O–H groups in total. The van der Waals surface area contributed by atoms with E-state index in [1.54, 1.807) is 0 Å². The van der Waals surface area contributed by atoms with E-state index in [0.29, 0.717) is 49.3 Å². The van der Waals surface area contributed by atoms with Gasteiger partial charge in [-0.25, -0.2) is 9.36 Å².